The number of carbonyl (C=O) groups is 1. The largest absolute Gasteiger partial charge is 0.325 e. The van der Waals surface area contributed by atoms with Gasteiger partial charge in [-0.25, -0.2) is 4.98 Å². The van der Waals surface area contributed by atoms with E-state index < -0.39 is 0 Å². The van der Waals surface area contributed by atoms with Gasteiger partial charge in [0.25, 0.3) is 0 Å². The molecule has 1 heterocycles. The van der Waals surface area contributed by atoms with Gasteiger partial charge in [-0.05, 0) is 65.4 Å². The molecule has 0 unspecified atom stereocenters. The van der Waals surface area contributed by atoms with Crippen LogP contribution >= 0.6 is 27.7 Å². The van der Waals surface area contributed by atoms with Crippen molar-refractivity contribution in [3.05, 3.63) is 51.6 Å². The van der Waals surface area contributed by atoms with Crippen molar-refractivity contribution in [2.24, 2.45) is 0 Å². The Kier molecular flexibility index (Phi) is 6.11. The third-order valence-electron chi connectivity index (χ3n) is 4.10. The van der Waals surface area contributed by atoms with Gasteiger partial charge in [0.1, 0.15) is 11.1 Å². The summed E-state index contributed by atoms with van der Waals surface area (Å²) in [5.74, 6) is 0.549. The molecule has 2 aromatic rings. The van der Waals surface area contributed by atoms with E-state index in [9.17, 15) is 10.1 Å². The Morgan fingerprint density at radius 1 is 1.32 bits per heavy atom. The second-order valence-corrected chi connectivity index (χ2v) is 7.83. The molecule has 1 aromatic carbocycles. The van der Waals surface area contributed by atoms with Crippen LogP contribution in [0, 0.1) is 11.3 Å². The lowest BCUT2D eigenvalue weighted by Crippen LogP contribution is -2.13. The van der Waals surface area contributed by atoms with E-state index in [1.807, 2.05) is 30.3 Å². The first-order valence-electron chi connectivity index (χ1n) is 8.27. The van der Waals surface area contributed by atoms with E-state index in [0.29, 0.717) is 17.7 Å². The van der Waals surface area contributed by atoms with E-state index in [4.69, 9.17) is 0 Å². The first-order valence-corrected chi connectivity index (χ1v) is 10.1. The fourth-order valence-electron chi connectivity index (χ4n) is 2.82. The van der Waals surface area contributed by atoms with Crippen molar-refractivity contribution in [2.45, 2.75) is 37.1 Å². The molecule has 0 atom stereocenters. The summed E-state index contributed by atoms with van der Waals surface area (Å²) in [6, 6.07) is 11.7. The standard InChI is InChI=1S/C19H18BrN3OS/c20-15-6-2-4-8-17(15)22-18(24)9-10-25-19-14(12-21)11-13-5-1-3-7-16(13)23-19/h2,4,6,8,11H,1,3,5,7,9-10H2,(H,22,24). The number of fused-ring (bicyclic) bond motifs is 1. The molecule has 25 heavy (non-hydrogen) atoms. The Bertz CT molecular complexity index is 832. The number of para-hydroxylation sites is 1. The van der Waals surface area contributed by atoms with Crippen LogP contribution in [0.15, 0.2) is 39.8 Å². The molecule has 0 saturated heterocycles. The minimum Gasteiger partial charge on any atom is -0.325 e. The van der Waals surface area contributed by atoms with E-state index in [1.54, 1.807) is 0 Å². The van der Waals surface area contributed by atoms with Crippen LogP contribution in [-0.4, -0.2) is 16.6 Å². The first kappa shape index (κ1) is 18.0. The maximum absolute atomic E-state index is 12.1. The summed E-state index contributed by atoms with van der Waals surface area (Å²) in [5, 5.41) is 13.0. The summed E-state index contributed by atoms with van der Waals surface area (Å²) in [6.07, 6.45) is 4.69. The Morgan fingerprint density at radius 3 is 2.92 bits per heavy atom. The van der Waals surface area contributed by atoms with Crippen molar-refractivity contribution in [3.63, 3.8) is 0 Å². The third-order valence-corrected chi connectivity index (χ3v) is 5.79. The Hall–Kier alpha value is -1.84. The van der Waals surface area contributed by atoms with Crippen LogP contribution in [0.5, 0.6) is 0 Å². The number of nitrogens with one attached hydrogen (secondary N) is 1. The number of hydrogen-bond donors (Lipinski definition) is 1. The quantitative estimate of drug-likeness (QED) is 0.717. The molecular formula is C19H18BrN3OS. The number of halogens is 1. The minimum atomic E-state index is -0.0455. The molecule has 0 saturated carbocycles. The van der Waals surface area contributed by atoms with Crippen LogP contribution in [0.2, 0.25) is 0 Å². The van der Waals surface area contributed by atoms with Crippen LogP contribution in [0.4, 0.5) is 5.69 Å². The molecule has 0 fully saturated rings. The summed E-state index contributed by atoms with van der Waals surface area (Å²) in [6.45, 7) is 0. The van der Waals surface area contributed by atoms with Gasteiger partial charge in [-0.2, -0.15) is 5.26 Å². The summed E-state index contributed by atoms with van der Waals surface area (Å²) in [4.78, 5) is 16.8. The van der Waals surface area contributed by atoms with Gasteiger partial charge in [0.15, 0.2) is 0 Å². The number of rotatable bonds is 5. The number of anilines is 1. The van der Waals surface area contributed by atoms with E-state index in [-0.39, 0.29) is 5.91 Å². The highest BCUT2D eigenvalue weighted by Gasteiger charge is 2.15. The average Bonchev–Trinajstić information content (AvgIpc) is 2.63. The fourth-order valence-corrected chi connectivity index (χ4v) is 4.12. The molecule has 1 amide bonds. The van der Waals surface area contributed by atoms with Crippen LogP contribution in [0.25, 0.3) is 0 Å². The number of aromatic nitrogens is 1. The van der Waals surface area contributed by atoms with Crippen LogP contribution in [0.1, 0.15) is 36.1 Å². The number of benzene rings is 1. The Balaban J connectivity index is 1.59. The van der Waals surface area contributed by atoms with Crippen molar-refractivity contribution < 1.29 is 4.79 Å². The molecule has 1 aliphatic carbocycles. The number of thioether (sulfide) groups is 1. The summed E-state index contributed by atoms with van der Waals surface area (Å²) in [7, 11) is 0. The molecule has 1 aromatic heterocycles. The van der Waals surface area contributed by atoms with Gasteiger partial charge in [-0.3, -0.25) is 4.79 Å². The first-order chi connectivity index (χ1) is 12.2. The Morgan fingerprint density at radius 2 is 2.12 bits per heavy atom. The van der Waals surface area contributed by atoms with Crippen molar-refractivity contribution in [2.75, 3.05) is 11.1 Å². The second-order valence-electron chi connectivity index (χ2n) is 5.89. The minimum absolute atomic E-state index is 0.0455. The van der Waals surface area contributed by atoms with Gasteiger partial charge in [-0.15, -0.1) is 11.8 Å². The smallest absolute Gasteiger partial charge is 0.225 e. The third kappa shape index (κ3) is 4.62. The zero-order chi connectivity index (χ0) is 17.6. The van der Waals surface area contributed by atoms with Crippen molar-refractivity contribution in [1.82, 2.24) is 4.98 Å². The molecule has 3 rings (SSSR count). The van der Waals surface area contributed by atoms with E-state index in [0.717, 1.165) is 40.1 Å². The van der Waals surface area contributed by atoms with Gasteiger partial charge < -0.3 is 5.32 Å². The van der Waals surface area contributed by atoms with Gasteiger partial charge in [0.05, 0.1) is 11.3 Å². The monoisotopic (exact) mass is 415 g/mol. The number of carbonyl (C=O) groups excluding carboxylic acids is 1. The molecule has 1 aliphatic rings. The van der Waals surface area contributed by atoms with Gasteiger partial charge in [0, 0.05) is 22.3 Å². The van der Waals surface area contributed by atoms with Gasteiger partial charge in [-0.1, -0.05) is 12.1 Å². The lowest BCUT2D eigenvalue weighted by Gasteiger charge is -2.16. The molecule has 0 aliphatic heterocycles. The number of amides is 1. The highest BCUT2D eigenvalue weighted by Crippen LogP contribution is 2.28. The van der Waals surface area contributed by atoms with Crippen molar-refractivity contribution >= 4 is 39.3 Å². The maximum Gasteiger partial charge on any atom is 0.225 e. The van der Waals surface area contributed by atoms with E-state index in [1.165, 1.54) is 23.7 Å². The van der Waals surface area contributed by atoms with Crippen molar-refractivity contribution in [1.29, 1.82) is 5.26 Å². The van der Waals surface area contributed by atoms with Crippen LogP contribution < -0.4 is 5.32 Å². The van der Waals surface area contributed by atoms with Gasteiger partial charge >= 0.3 is 0 Å². The highest BCUT2D eigenvalue weighted by atomic mass is 79.9. The molecule has 0 bridgehead atoms. The lowest BCUT2D eigenvalue weighted by atomic mass is 9.95. The predicted octanol–water partition coefficient (Wildman–Crippen LogP) is 4.72. The van der Waals surface area contributed by atoms with Crippen LogP contribution in [-0.2, 0) is 17.6 Å². The topological polar surface area (TPSA) is 65.8 Å². The lowest BCUT2D eigenvalue weighted by molar-refractivity contribution is -0.115. The Labute approximate surface area is 160 Å². The molecule has 4 nitrogen and oxygen atoms in total. The number of aryl methyl sites for hydroxylation is 2. The highest BCUT2D eigenvalue weighted by molar-refractivity contribution is 9.10. The maximum atomic E-state index is 12.1. The second kappa shape index (κ2) is 8.50. The fraction of sp³-hybridized carbons (Fsp3) is 0.316. The molecule has 1 N–H and O–H groups in total. The summed E-state index contributed by atoms with van der Waals surface area (Å²) in [5.41, 5.74) is 3.71. The molecule has 0 spiro atoms. The molecule has 6 heteroatoms. The molecular weight excluding hydrogens is 398 g/mol. The van der Waals surface area contributed by atoms with E-state index >= 15 is 0 Å². The number of nitriles is 1. The average molecular weight is 416 g/mol. The van der Waals surface area contributed by atoms with Gasteiger partial charge in [0.2, 0.25) is 5.91 Å². The zero-order valence-electron chi connectivity index (χ0n) is 13.7. The normalized spacial score (nSPS) is 13.0. The number of pyridine rings is 1. The zero-order valence-corrected chi connectivity index (χ0v) is 16.1. The van der Waals surface area contributed by atoms with Crippen LogP contribution in [0.3, 0.4) is 0 Å². The molecule has 0 radical (unpaired) electrons. The summed E-state index contributed by atoms with van der Waals surface area (Å²) < 4.78 is 0.860. The predicted molar refractivity (Wildman–Crippen MR) is 104 cm³/mol. The number of hydrogen-bond acceptors (Lipinski definition) is 4. The SMILES string of the molecule is N#Cc1cc2c(nc1SCCC(=O)Nc1ccccc1Br)CCCC2. The van der Waals surface area contributed by atoms with Crippen molar-refractivity contribution in [3.8, 4) is 6.07 Å². The van der Waals surface area contributed by atoms with E-state index in [2.05, 4.69) is 32.3 Å². The molecule has 128 valence electrons. The number of nitrogens with zero attached hydrogens (tertiary/aromatic N) is 2. The summed E-state index contributed by atoms with van der Waals surface area (Å²) >= 11 is 4.90.